The van der Waals surface area contributed by atoms with Crippen molar-refractivity contribution in [2.24, 2.45) is 0 Å². The van der Waals surface area contributed by atoms with Gasteiger partial charge in [0.15, 0.2) is 0 Å². The van der Waals surface area contributed by atoms with Gasteiger partial charge in [-0.25, -0.2) is 18.1 Å². The molecule has 0 fully saturated rings. The molecule has 0 aliphatic heterocycles. The second-order valence-corrected chi connectivity index (χ2v) is 9.94. The van der Waals surface area contributed by atoms with E-state index in [9.17, 15) is 21.6 Å². The molecule has 0 radical (unpaired) electrons. The molecule has 10 heteroatoms. The van der Waals surface area contributed by atoms with Crippen molar-refractivity contribution in [1.29, 1.82) is 0 Å². The zero-order chi connectivity index (χ0) is 19.8. The van der Waals surface area contributed by atoms with E-state index in [1.54, 1.807) is 11.4 Å². The Hall–Kier alpha value is -1.75. The Morgan fingerprint density at radius 2 is 1.81 bits per heavy atom. The van der Waals surface area contributed by atoms with E-state index in [0.717, 1.165) is 44.6 Å². The normalized spacial score (nSPS) is 12.5. The standard InChI is InChI=1S/C17H15F3N2O2S3/c1-10-11(2)26-16(22-10)13-7-15(25-9-13)27(23,24)21-8-12-3-5-14(6-4-12)17(18,19)20/h3-7,9,21H,8H2,1-2H3. The summed E-state index contributed by atoms with van der Waals surface area (Å²) in [6, 6.07) is 5.93. The van der Waals surface area contributed by atoms with Crippen LogP contribution in [0.25, 0.3) is 10.6 Å². The van der Waals surface area contributed by atoms with Gasteiger partial charge in [0.2, 0.25) is 10.0 Å². The van der Waals surface area contributed by atoms with Gasteiger partial charge in [-0.1, -0.05) is 12.1 Å². The van der Waals surface area contributed by atoms with Gasteiger partial charge in [0.1, 0.15) is 9.22 Å². The van der Waals surface area contributed by atoms with Gasteiger partial charge in [-0.15, -0.1) is 22.7 Å². The smallest absolute Gasteiger partial charge is 0.241 e. The maximum absolute atomic E-state index is 12.6. The van der Waals surface area contributed by atoms with Crippen molar-refractivity contribution < 1.29 is 21.6 Å². The van der Waals surface area contributed by atoms with Crippen LogP contribution in [0.5, 0.6) is 0 Å². The lowest BCUT2D eigenvalue weighted by Gasteiger charge is -2.08. The second-order valence-electron chi connectivity index (χ2n) is 5.83. The fraction of sp³-hybridized carbons (Fsp3) is 0.235. The van der Waals surface area contributed by atoms with E-state index in [1.807, 2.05) is 13.8 Å². The highest BCUT2D eigenvalue weighted by atomic mass is 32.2. The van der Waals surface area contributed by atoms with E-state index in [2.05, 4.69) is 9.71 Å². The minimum absolute atomic E-state index is 0.0941. The number of halogens is 3. The van der Waals surface area contributed by atoms with E-state index in [-0.39, 0.29) is 10.8 Å². The second kappa shape index (κ2) is 7.34. The lowest BCUT2D eigenvalue weighted by Crippen LogP contribution is -2.22. The largest absolute Gasteiger partial charge is 0.416 e. The molecule has 27 heavy (non-hydrogen) atoms. The van der Waals surface area contributed by atoms with E-state index in [1.165, 1.54) is 23.5 Å². The van der Waals surface area contributed by atoms with Crippen molar-refractivity contribution in [2.45, 2.75) is 30.8 Å². The first-order valence-corrected chi connectivity index (χ1v) is 10.9. The molecule has 0 bridgehead atoms. The molecular weight excluding hydrogens is 417 g/mol. The lowest BCUT2D eigenvalue weighted by atomic mass is 10.1. The molecule has 4 nitrogen and oxygen atoms in total. The molecule has 0 aliphatic carbocycles. The maximum atomic E-state index is 12.6. The average Bonchev–Trinajstić information content (AvgIpc) is 3.21. The van der Waals surface area contributed by atoms with Gasteiger partial charge >= 0.3 is 6.18 Å². The SMILES string of the molecule is Cc1nc(-c2csc(S(=O)(=O)NCc3ccc(C(F)(F)F)cc3)c2)sc1C. The number of nitrogens with zero attached hydrogens (tertiary/aromatic N) is 1. The number of benzene rings is 1. The number of hydrogen-bond donors (Lipinski definition) is 1. The summed E-state index contributed by atoms with van der Waals surface area (Å²) in [5.74, 6) is 0. The highest BCUT2D eigenvalue weighted by Crippen LogP contribution is 2.33. The summed E-state index contributed by atoms with van der Waals surface area (Å²) in [6.07, 6.45) is -4.42. The van der Waals surface area contributed by atoms with Crippen LogP contribution in [0, 0.1) is 13.8 Å². The van der Waals surface area contributed by atoms with Crippen LogP contribution >= 0.6 is 22.7 Å². The topological polar surface area (TPSA) is 59.1 Å². The van der Waals surface area contributed by atoms with Crippen LogP contribution < -0.4 is 4.72 Å². The molecule has 0 aliphatic rings. The van der Waals surface area contributed by atoms with Crippen LogP contribution in [0.3, 0.4) is 0 Å². The van der Waals surface area contributed by atoms with E-state index in [4.69, 9.17) is 0 Å². The van der Waals surface area contributed by atoms with E-state index >= 15 is 0 Å². The summed E-state index contributed by atoms with van der Waals surface area (Å²) < 4.78 is 65.2. The van der Waals surface area contributed by atoms with Crippen LogP contribution in [-0.4, -0.2) is 13.4 Å². The highest BCUT2D eigenvalue weighted by molar-refractivity contribution is 7.91. The molecule has 2 heterocycles. The van der Waals surface area contributed by atoms with Crippen LogP contribution in [0.1, 0.15) is 21.7 Å². The number of nitrogens with one attached hydrogen (secondary N) is 1. The summed E-state index contributed by atoms with van der Waals surface area (Å²) in [5.41, 5.74) is 1.31. The van der Waals surface area contributed by atoms with Gasteiger partial charge < -0.3 is 0 Å². The number of aryl methyl sites for hydroxylation is 2. The van der Waals surface area contributed by atoms with Gasteiger partial charge in [-0.05, 0) is 37.6 Å². The molecule has 0 spiro atoms. The van der Waals surface area contributed by atoms with Crippen molar-refractivity contribution >= 4 is 32.7 Å². The lowest BCUT2D eigenvalue weighted by molar-refractivity contribution is -0.137. The minimum Gasteiger partial charge on any atom is -0.241 e. The minimum atomic E-state index is -4.42. The zero-order valence-electron chi connectivity index (χ0n) is 14.3. The fourth-order valence-corrected chi connectivity index (χ4v) is 5.43. The number of thiazole rings is 1. The number of thiophene rings is 1. The number of sulfonamides is 1. The van der Waals surface area contributed by atoms with E-state index < -0.39 is 21.8 Å². The van der Waals surface area contributed by atoms with Crippen molar-refractivity contribution in [2.75, 3.05) is 0 Å². The average molecular weight is 433 g/mol. The number of alkyl halides is 3. The van der Waals surface area contributed by atoms with Gasteiger partial charge in [0, 0.05) is 22.4 Å². The van der Waals surface area contributed by atoms with Gasteiger partial charge in [0.25, 0.3) is 0 Å². The molecule has 144 valence electrons. The third-order valence-electron chi connectivity index (χ3n) is 3.86. The molecular formula is C17H15F3N2O2S3. The Morgan fingerprint density at radius 1 is 1.15 bits per heavy atom. The summed E-state index contributed by atoms with van der Waals surface area (Å²) in [4.78, 5) is 5.49. The molecule has 0 saturated carbocycles. The molecule has 2 aromatic heterocycles. The Kier molecular flexibility index (Phi) is 5.44. The molecule has 0 unspecified atom stereocenters. The summed E-state index contributed by atoms with van der Waals surface area (Å²) in [5, 5.41) is 2.48. The molecule has 1 aromatic carbocycles. The first-order valence-electron chi connectivity index (χ1n) is 7.75. The Bertz CT molecular complexity index is 1030. The summed E-state index contributed by atoms with van der Waals surface area (Å²) >= 11 is 2.57. The van der Waals surface area contributed by atoms with Crippen molar-refractivity contribution in [3.63, 3.8) is 0 Å². The van der Waals surface area contributed by atoms with Crippen molar-refractivity contribution in [1.82, 2.24) is 9.71 Å². The number of rotatable bonds is 5. The molecule has 0 saturated heterocycles. The van der Waals surface area contributed by atoms with Gasteiger partial charge in [-0.2, -0.15) is 13.2 Å². The van der Waals surface area contributed by atoms with Crippen LogP contribution in [-0.2, 0) is 22.7 Å². The first-order chi connectivity index (χ1) is 12.6. The predicted molar refractivity (Wildman–Crippen MR) is 100 cm³/mol. The molecule has 0 atom stereocenters. The van der Waals surface area contributed by atoms with Gasteiger partial charge in [-0.3, -0.25) is 0 Å². The Balaban J connectivity index is 1.72. The Morgan fingerprint density at radius 3 is 2.37 bits per heavy atom. The quantitative estimate of drug-likeness (QED) is 0.618. The molecule has 3 aromatic rings. The monoisotopic (exact) mass is 432 g/mol. The van der Waals surface area contributed by atoms with Crippen molar-refractivity contribution in [3.8, 4) is 10.6 Å². The number of hydrogen-bond acceptors (Lipinski definition) is 5. The maximum Gasteiger partial charge on any atom is 0.416 e. The fourth-order valence-electron chi connectivity index (χ4n) is 2.23. The van der Waals surface area contributed by atoms with E-state index in [0.29, 0.717) is 5.56 Å². The summed E-state index contributed by atoms with van der Waals surface area (Å²) in [7, 11) is -3.76. The summed E-state index contributed by atoms with van der Waals surface area (Å²) in [6.45, 7) is 3.75. The van der Waals surface area contributed by atoms with Crippen LogP contribution in [0.2, 0.25) is 0 Å². The predicted octanol–water partition coefficient (Wildman–Crippen LogP) is 4.99. The molecule has 3 rings (SSSR count). The third-order valence-corrected chi connectivity index (χ3v) is 7.83. The van der Waals surface area contributed by atoms with Crippen LogP contribution in [0.15, 0.2) is 39.9 Å². The Labute approximate surface area is 162 Å². The molecule has 0 amide bonds. The van der Waals surface area contributed by atoms with Gasteiger partial charge in [0.05, 0.1) is 11.3 Å². The highest BCUT2D eigenvalue weighted by Gasteiger charge is 2.30. The molecule has 1 N–H and O–H groups in total. The first kappa shape index (κ1) is 20.0. The zero-order valence-corrected chi connectivity index (χ0v) is 16.7. The number of aromatic nitrogens is 1. The van der Waals surface area contributed by atoms with Crippen LogP contribution in [0.4, 0.5) is 13.2 Å². The van der Waals surface area contributed by atoms with Crippen molar-refractivity contribution in [3.05, 3.63) is 57.4 Å². The third kappa shape index (κ3) is 4.57.